The molecule has 4 aromatic rings. The Balaban J connectivity index is 1.03. The number of fused-ring (bicyclic) bond motifs is 4. The summed E-state index contributed by atoms with van der Waals surface area (Å²) in [5.41, 5.74) is 0.764. The van der Waals surface area contributed by atoms with E-state index in [1.807, 2.05) is 48.5 Å². The van der Waals surface area contributed by atoms with E-state index in [0.29, 0.717) is 176 Å². The van der Waals surface area contributed by atoms with Crippen LogP contribution in [0.25, 0.3) is 0 Å². The van der Waals surface area contributed by atoms with Crippen molar-refractivity contribution in [2.75, 3.05) is 159 Å². The Labute approximate surface area is 386 Å². The molecule has 360 valence electrons. The number of benzene rings is 4. The number of hydrogen-bond acceptors (Lipinski definition) is 17. The SMILES string of the molecule is O=C(c1ccc2c(c1)OCCOCCOCCOc1ccccc1OCCOCCOCCO2)c1ccc2c(c1)OCCOCCOCCOc1ccccc1OCCOCCOCCO2. The van der Waals surface area contributed by atoms with E-state index in [4.69, 9.17) is 75.8 Å². The molecule has 0 saturated carbocycles. The fourth-order valence-electron chi connectivity index (χ4n) is 6.28. The fraction of sp³-hybridized carbons (Fsp3) is 0.490. The molecule has 17 nitrogen and oxygen atoms in total. The van der Waals surface area contributed by atoms with E-state index in [-0.39, 0.29) is 45.4 Å². The third-order valence-corrected chi connectivity index (χ3v) is 9.48. The number of hydrogen-bond donors (Lipinski definition) is 0. The summed E-state index contributed by atoms with van der Waals surface area (Å²) in [7, 11) is 0. The average molecular weight is 923 g/mol. The summed E-state index contributed by atoms with van der Waals surface area (Å²) in [6.45, 7) is 8.03. The van der Waals surface area contributed by atoms with Gasteiger partial charge in [0.15, 0.2) is 51.8 Å². The lowest BCUT2D eigenvalue weighted by Gasteiger charge is -2.16. The largest absolute Gasteiger partial charge is 0.487 e. The third kappa shape index (κ3) is 18.5. The zero-order valence-corrected chi connectivity index (χ0v) is 37.5. The second-order valence-corrected chi connectivity index (χ2v) is 14.2. The highest BCUT2D eigenvalue weighted by atomic mass is 16.6. The molecule has 0 amide bonds. The molecular weight excluding hydrogens is 861 g/mol. The Morgan fingerprint density at radius 3 is 0.682 bits per heavy atom. The fourth-order valence-corrected chi connectivity index (χ4v) is 6.28. The molecule has 2 aliphatic rings. The molecule has 0 atom stereocenters. The molecule has 0 spiro atoms. The Hall–Kier alpha value is -5.37. The molecule has 2 aliphatic heterocycles. The summed E-state index contributed by atoms with van der Waals surface area (Å²) >= 11 is 0. The Bertz CT molecular complexity index is 1820. The number of para-hydroxylation sites is 4. The number of ether oxygens (including phenoxy) is 16. The van der Waals surface area contributed by atoms with Crippen molar-refractivity contribution in [3.8, 4) is 46.0 Å². The van der Waals surface area contributed by atoms with E-state index >= 15 is 0 Å². The number of carbonyl (C=O) groups is 1. The van der Waals surface area contributed by atoms with E-state index in [2.05, 4.69) is 0 Å². The molecule has 17 heteroatoms. The highest BCUT2D eigenvalue weighted by Gasteiger charge is 2.18. The van der Waals surface area contributed by atoms with Crippen molar-refractivity contribution in [3.05, 3.63) is 96.1 Å². The van der Waals surface area contributed by atoms with E-state index in [0.717, 1.165) is 0 Å². The van der Waals surface area contributed by atoms with Crippen LogP contribution in [0.15, 0.2) is 84.9 Å². The standard InChI is InChI=1S/C49H62O17/c50-49(39-9-11-45-47(37-39)65-35-27-57-19-17-53-23-31-61-43-7-3-1-5-41(43)59-29-21-51-13-15-55-25-33-63-45)40-10-12-46-48(38-40)66-36-28-58-20-18-54-24-32-62-44-8-4-2-6-42(44)60-30-22-52-14-16-56-26-34-64-46/h1-12,37-38H,13-36H2. The van der Waals surface area contributed by atoms with Crippen LogP contribution in [0.3, 0.4) is 0 Å². The van der Waals surface area contributed by atoms with E-state index in [1.54, 1.807) is 36.4 Å². The topological polar surface area (TPSA) is 165 Å². The van der Waals surface area contributed by atoms with Crippen molar-refractivity contribution in [3.63, 3.8) is 0 Å². The number of carbonyl (C=O) groups excluding carboxylic acids is 1. The summed E-state index contributed by atoms with van der Waals surface area (Å²) in [5, 5.41) is 0. The van der Waals surface area contributed by atoms with Crippen LogP contribution in [0.5, 0.6) is 46.0 Å². The van der Waals surface area contributed by atoms with Gasteiger partial charge in [0.2, 0.25) is 0 Å². The molecule has 4 aromatic carbocycles. The van der Waals surface area contributed by atoms with Gasteiger partial charge in [-0.1, -0.05) is 24.3 Å². The van der Waals surface area contributed by atoms with Gasteiger partial charge in [0.1, 0.15) is 52.9 Å². The summed E-state index contributed by atoms with van der Waals surface area (Å²) < 4.78 is 93.5. The van der Waals surface area contributed by atoms with Crippen LogP contribution in [-0.2, 0) is 37.9 Å². The number of rotatable bonds is 2. The van der Waals surface area contributed by atoms with Gasteiger partial charge < -0.3 is 75.8 Å². The van der Waals surface area contributed by atoms with E-state index in [9.17, 15) is 4.79 Å². The lowest BCUT2D eigenvalue weighted by molar-refractivity contribution is 0.0223. The molecule has 0 N–H and O–H groups in total. The smallest absolute Gasteiger partial charge is 0.193 e. The molecule has 0 saturated heterocycles. The van der Waals surface area contributed by atoms with Gasteiger partial charge in [-0.15, -0.1) is 0 Å². The zero-order valence-electron chi connectivity index (χ0n) is 37.5. The average Bonchev–Trinajstić information content (AvgIpc) is 3.34. The first-order valence-corrected chi connectivity index (χ1v) is 22.4. The van der Waals surface area contributed by atoms with Crippen LogP contribution in [0.4, 0.5) is 0 Å². The molecule has 0 aromatic heterocycles. The van der Waals surface area contributed by atoms with Gasteiger partial charge in [-0.05, 0) is 60.7 Å². The monoisotopic (exact) mass is 922 g/mol. The Morgan fingerprint density at radius 2 is 0.439 bits per heavy atom. The van der Waals surface area contributed by atoms with Gasteiger partial charge >= 0.3 is 0 Å². The van der Waals surface area contributed by atoms with E-state index < -0.39 is 0 Å². The van der Waals surface area contributed by atoms with Crippen molar-refractivity contribution >= 4 is 5.78 Å². The third-order valence-electron chi connectivity index (χ3n) is 9.48. The Morgan fingerprint density at radius 1 is 0.242 bits per heavy atom. The van der Waals surface area contributed by atoms with Gasteiger partial charge in [0.05, 0.1) is 106 Å². The second-order valence-electron chi connectivity index (χ2n) is 14.2. The van der Waals surface area contributed by atoms with Crippen LogP contribution in [-0.4, -0.2) is 164 Å². The van der Waals surface area contributed by atoms with Crippen LogP contribution in [0.2, 0.25) is 0 Å². The van der Waals surface area contributed by atoms with Crippen molar-refractivity contribution < 1.29 is 80.6 Å². The summed E-state index contributed by atoms with van der Waals surface area (Å²) in [4.78, 5) is 14.0. The van der Waals surface area contributed by atoms with Crippen LogP contribution in [0, 0.1) is 0 Å². The molecular formula is C49H62O17. The molecule has 2 heterocycles. The van der Waals surface area contributed by atoms with Crippen molar-refractivity contribution in [2.24, 2.45) is 0 Å². The Kier molecular flexibility index (Phi) is 23.3. The first-order valence-electron chi connectivity index (χ1n) is 22.4. The predicted molar refractivity (Wildman–Crippen MR) is 240 cm³/mol. The molecule has 0 radical (unpaired) electrons. The van der Waals surface area contributed by atoms with Crippen molar-refractivity contribution in [1.82, 2.24) is 0 Å². The highest BCUT2D eigenvalue weighted by Crippen LogP contribution is 2.33. The lowest BCUT2D eigenvalue weighted by Crippen LogP contribution is -2.16. The molecule has 0 unspecified atom stereocenters. The van der Waals surface area contributed by atoms with Gasteiger partial charge in [-0.3, -0.25) is 4.79 Å². The normalized spacial score (nSPS) is 18.3. The van der Waals surface area contributed by atoms with Crippen LogP contribution < -0.4 is 37.9 Å². The second kappa shape index (κ2) is 30.8. The van der Waals surface area contributed by atoms with Gasteiger partial charge in [0.25, 0.3) is 0 Å². The summed E-state index contributed by atoms with van der Waals surface area (Å²) in [6.07, 6.45) is 0. The minimum Gasteiger partial charge on any atom is -0.487 e. The van der Waals surface area contributed by atoms with Gasteiger partial charge in [-0.25, -0.2) is 0 Å². The lowest BCUT2D eigenvalue weighted by atomic mass is 10.0. The highest BCUT2D eigenvalue weighted by molar-refractivity contribution is 6.09. The number of ketones is 1. The molecule has 66 heavy (non-hydrogen) atoms. The first kappa shape index (κ1) is 50.1. The summed E-state index contributed by atoms with van der Waals surface area (Å²) in [5.74, 6) is 3.97. The van der Waals surface area contributed by atoms with Gasteiger partial charge in [-0.2, -0.15) is 0 Å². The first-order chi connectivity index (χ1) is 32.7. The van der Waals surface area contributed by atoms with E-state index in [1.165, 1.54) is 0 Å². The van der Waals surface area contributed by atoms with Crippen molar-refractivity contribution in [2.45, 2.75) is 0 Å². The maximum absolute atomic E-state index is 14.0. The van der Waals surface area contributed by atoms with Crippen LogP contribution >= 0.6 is 0 Å². The molecule has 0 bridgehead atoms. The molecule has 0 fully saturated rings. The maximum Gasteiger partial charge on any atom is 0.193 e. The molecule has 6 rings (SSSR count). The predicted octanol–water partition coefficient (Wildman–Crippen LogP) is 5.51. The minimum atomic E-state index is -0.258. The van der Waals surface area contributed by atoms with Crippen LogP contribution in [0.1, 0.15) is 15.9 Å². The minimum absolute atomic E-state index is 0.203. The quantitative estimate of drug-likeness (QED) is 0.231. The van der Waals surface area contributed by atoms with Crippen molar-refractivity contribution in [1.29, 1.82) is 0 Å². The van der Waals surface area contributed by atoms with Gasteiger partial charge in [0, 0.05) is 11.1 Å². The summed E-state index contributed by atoms with van der Waals surface area (Å²) in [6, 6.07) is 25.1. The molecule has 0 aliphatic carbocycles. The zero-order chi connectivity index (χ0) is 45.5. The maximum atomic E-state index is 14.0.